The lowest BCUT2D eigenvalue weighted by Crippen LogP contribution is -2.40. The Kier molecular flexibility index (Phi) is 5.20. The van der Waals surface area contributed by atoms with E-state index < -0.39 is 5.54 Å². The predicted molar refractivity (Wildman–Crippen MR) is 120 cm³/mol. The quantitative estimate of drug-likeness (QED) is 0.637. The Labute approximate surface area is 182 Å². The molecule has 3 aromatic rings. The number of nitriles is 1. The van der Waals surface area contributed by atoms with E-state index >= 15 is 0 Å². The number of carbonyl (C=O) groups excluding carboxylic acids is 1. The van der Waals surface area contributed by atoms with E-state index in [1.165, 1.54) is 11.1 Å². The van der Waals surface area contributed by atoms with Gasteiger partial charge in [0.15, 0.2) is 0 Å². The zero-order valence-electron chi connectivity index (χ0n) is 18.3. The Balaban J connectivity index is 1.59. The summed E-state index contributed by atoms with van der Waals surface area (Å²) < 4.78 is 1.68. The minimum Gasteiger partial charge on any atom is -0.267 e. The lowest BCUT2D eigenvalue weighted by molar-refractivity contribution is 0.0612. The van der Waals surface area contributed by atoms with Gasteiger partial charge in [-0.05, 0) is 44.9 Å². The number of benzene rings is 2. The van der Waals surface area contributed by atoms with Crippen LogP contribution in [0.15, 0.2) is 60.0 Å². The fourth-order valence-electron chi connectivity index (χ4n) is 4.02. The number of aryl methyl sites for hydroxylation is 2. The number of amides is 1. The topological polar surface area (TPSA) is 74.3 Å². The minimum absolute atomic E-state index is 0.177. The number of carbonyl (C=O) groups is 1. The molecule has 31 heavy (non-hydrogen) atoms. The molecule has 0 fully saturated rings. The molecule has 0 saturated carbocycles. The van der Waals surface area contributed by atoms with Crippen LogP contribution in [0.25, 0.3) is 0 Å². The van der Waals surface area contributed by atoms with Crippen LogP contribution < -0.4 is 0 Å². The number of rotatable bonds is 4. The van der Waals surface area contributed by atoms with E-state index in [2.05, 4.69) is 43.2 Å². The summed E-state index contributed by atoms with van der Waals surface area (Å²) in [5.41, 5.74) is 5.86. The van der Waals surface area contributed by atoms with Gasteiger partial charge >= 0.3 is 0 Å². The van der Waals surface area contributed by atoms with Crippen molar-refractivity contribution in [1.29, 1.82) is 5.26 Å². The van der Waals surface area contributed by atoms with Crippen molar-refractivity contribution < 1.29 is 4.79 Å². The van der Waals surface area contributed by atoms with Gasteiger partial charge in [0.05, 0.1) is 41.2 Å². The van der Waals surface area contributed by atoms with Gasteiger partial charge in [-0.15, -0.1) is 0 Å². The Morgan fingerprint density at radius 3 is 2.58 bits per heavy atom. The lowest BCUT2D eigenvalue weighted by Gasteiger charge is -2.28. The maximum atomic E-state index is 13.3. The molecule has 0 bridgehead atoms. The summed E-state index contributed by atoms with van der Waals surface area (Å²) in [4.78, 5) is 13.3. The van der Waals surface area contributed by atoms with E-state index in [1.54, 1.807) is 28.2 Å². The largest absolute Gasteiger partial charge is 0.277 e. The molecule has 6 heteroatoms. The number of aromatic nitrogens is 2. The first-order valence-corrected chi connectivity index (χ1v) is 10.3. The zero-order chi connectivity index (χ0) is 22.2. The molecule has 1 aliphatic heterocycles. The molecule has 0 saturated heterocycles. The summed E-state index contributed by atoms with van der Waals surface area (Å²) in [6.45, 7) is 8.62. The molecule has 1 aromatic heterocycles. The Bertz CT molecular complexity index is 1210. The van der Waals surface area contributed by atoms with Gasteiger partial charge in [0, 0.05) is 12.6 Å². The van der Waals surface area contributed by atoms with Crippen molar-refractivity contribution in [3.8, 4) is 6.07 Å². The fraction of sp³-hybridized carbons (Fsp3) is 0.280. The molecule has 156 valence electrons. The highest BCUT2D eigenvalue weighted by molar-refractivity contribution is 6.05. The summed E-state index contributed by atoms with van der Waals surface area (Å²) in [6, 6.07) is 15.9. The molecule has 1 amide bonds. The number of hydrazone groups is 1. The first-order chi connectivity index (χ1) is 14.8. The molecule has 0 N–H and O–H groups in total. The van der Waals surface area contributed by atoms with Crippen LogP contribution in [0, 0.1) is 25.2 Å². The van der Waals surface area contributed by atoms with Gasteiger partial charge < -0.3 is 0 Å². The standard InChI is InChI=1S/C25H25N5O/c1-17-9-18(2)11-21(10-17)23-12-25(3,4)30(28-23)24(31)22-14-27-29(16-22)15-20-8-6-5-7-19(20)13-26/h5-11,14,16H,12,15H2,1-4H3. The van der Waals surface area contributed by atoms with Crippen LogP contribution in [-0.4, -0.2) is 31.9 Å². The van der Waals surface area contributed by atoms with Crippen molar-refractivity contribution in [2.45, 2.75) is 46.2 Å². The maximum Gasteiger partial charge on any atom is 0.277 e. The van der Waals surface area contributed by atoms with Crippen molar-refractivity contribution in [3.63, 3.8) is 0 Å². The average Bonchev–Trinajstić information content (AvgIpc) is 3.31. The predicted octanol–water partition coefficient (Wildman–Crippen LogP) is 4.45. The molecule has 6 nitrogen and oxygen atoms in total. The maximum absolute atomic E-state index is 13.3. The van der Waals surface area contributed by atoms with Gasteiger partial charge in [-0.25, -0.2) is 5.01 Å². The van der Waals surface area contributed by atoms with Crippen molar-refractivity contribution in [2.75, 3.05) is 0 Å². The fourth-order valence-corrected chi connectivity index (χ4v) is 4.02. The molecular formula is C25H25N5O. The Hall–Kier alpha value is -3.72. The molecule has 1 aliphatic rings. The summed E-state index contributed by atoms with van der Waals surface area (Å²) in [5, 5.41) is 19.9. The molecule has 0 spiro atoms. The third kappa shape index (κ3) is 4.13. The Morgan fingerprint density at radius 2 is 1.87 bits per heavy atom. The highest BCUT2D eigenvalue weighted by atomic mass is 16.2. The third-order valence-electron chi connectivity index (χ3n) is 5.49. The van der Waals surface area contributed by atoms with Gasteiger partial charge in [-0.3, -0.25) is 9.48 Å². The lowest BCUT2D eigenvalue weighted by atomic mass is 9.93. The highest BCUT2D eigenvalue weighted by Gasteiger charge is 2.39. The van der Waals surface area contributed by atoms with E-state index in [-0.39, 0.29) is 5.91 Å². The second-order valence-corrected chi connectivity index (χ2v) is 8.72. The molecule has 0 aliphatic carbocycles. The molecule has 0 unspecified atom stereocenters. The molecule has 2 aromatic carbocycles. The van der Waals surface area contributed by atoms with Gasteiger partial charge in [-0.1, -0.05) is 47.5 Å². The number of nitrogens with zero attached hydrogens (tertiary/aromatic N) is 5. The van der Waals surface area contributed by atoms with Crippen molar-refractivity contribution in [1.82, 2.24) is 14.8 Å². The van der Waals surface area contributed by atoms with Crippen LogP contribution in [0.1, 0.15) is 58.4 Å². The summed E-state index contributed by atoms with van der Waals surface area (Å²) >= 11 is 0. The van der Waals surface area contributed by atoms with Gasteiger partial charge in [0.1, 0.15) is 0 Å². The van der Waals surface area contributed by atoms with Crippen LogP contribution in [0.5, 0.6) is 0 Å². The average molecular weight is 412 g/mol. The first-order valence-electron chi connectivity index (χ1n) is 10.3. The van der Waals surface area contributed by atoms with E-state index in [9.17, 15) is 10.1 Å². The summed E-state index contributed by atoms with van der Waals surface area (Å²) in [5.74, 6) is -0.177. The summed E-state index contributed by atoms with van der Waals surface area (Å²) in [6.07, 6.45) is 3.97. The van der Waals surface area contributed by atoms with Gasteiger partial charge in [-0.2, -0.15) is 15.5 Å². The van der Waals surface area contributed by atoms with Crippen LogP contribution >= 0.6 is 0 Å². The van der Waals surface area contributed by atoms with E-state index in [0.717, 1.165) is 16.8 Å². The molecule has 0 atom stereocenters. The third-order valence-corrected chi connectivity index (χ3v) is 5.49. The smallest absolute Gasteiger partial charge is 0.267 e. The normalized spacial score (nSPS) is 14.9. The monoisotopic (exact) mass is 411 g/mol. The van der Waals surface area contributed by atoms with Crippen molar-refractivity contribution in [2.24, 2.45) is 5.10 Å². The first kappa shape index (κ1) is 20.5. The minimum atomic E-state index is -0.431. The van der Waals surface area contributed by atoms with E-state index in [4.69, 9.17) is 5.10 Å². The molecule has 0 radical (unpaired) electrons. The van der Waals surface area contributed by atoms with E-state index in [1.807, 2.05) is 32.0 Å². The van der Waals surface area contributed by atoms with Crippen LogP contribution in [-0.2, 0) is 6.54 Å². The summed E-state index contributed by atoms with van der Waals surface area (Å²) in [7, 11) is 0. The Morgan fingerprint density at radius 1 is 1.16 bits per heavy atom. The van der Waals surface area contributed by atoms with Crippen molar-refractivity contribution >= 4 is 11.6 Å². The highest BCUT2D eigenvalue weighted by Crippen LogP contribution is 2.31. The van der Waals surface area contributed by atoms with Crippen molar-refractivity contribution in [3.05, 3.63) is 88.2 Å². The molecular weight excluding hydrogens is 386 g/mol. The zero-order valence-corrected chi connectivity index (χ0v) is 18.3. The molecule has 2 heterocycles. The van der Waals surface area contributed by atoms with Crippen LogP contribution in [0.4, 0.5) is 0 Å². The molecule has 4 rings (SSSR count). The van der Waals surface area contributed by atoms with E-state index in [0.29, 0.717) is 24.1 Å². The van der Waals surface area contributed by atoms with Gasteiger partial charge in [0.25, 0.3) is 5.91 Å². The second kappa shape index (κ2) is 7.84. The number of hydrogen-bond acceptors (Lipinski definition) is 4. The second-order valence-electron chi connectivity index (χ2n) is 8.72. The van der Waals surface area contributed by atoms with Crippen LogP contribution in [0.2, 0.25) is 0 Å². The SMILES string of the molecule is Cc1cc(C)cc(C2=NN(C(=O)c3cnn(Cc4ccccc4C#N)c3)C(C)(C)C2)c1. The van der Waals surface area contributed by atoms with Gasteiger partial charge in [0.2, 0.25) is 0 Å². The number of hydrogen-bond donors (Lipinski definition) is 0. The van der Waals surface area contributed by atoms with Crippen LogP contribution in [0.3, 0.4) is 0 Å².